The number of fused-ring (bicyclic) bond motifs is 2. The largest absolute Gasteiger partial charge is 0.456 e. The third-order valence-electron chi connectivity index (χ3n) is 3.63. The molecule has 0 spiro atoms. The van der Waals surface area contributed by atoms with Crippen molar-refractivity contribution in [3.63, 3.8) is 0 Å². The molecule has 0 saturated heterocycles. The molecule has 0 radical (unpaired) electrons. The van der Waals surface area contributed by atoms with Crippen LogP contribution in [0.4, 0.5) is 11.4 Å². The minimum atomic E-state index is 0.0132. The molecule has 108 valence electrons. The number of rotatable bonds is 2. The van der Waals surface area contributed by atoms with Crippen molar-refractivity contribution in [3.8, 4) is 0 Å². The van der Waals surface area contributed by atoms with Crippen molar-refractivity contribution in [1.82, 2.24) is 0 Å². The molecule has 0 atom stereocenters. The molecule has 0 fully saturated rings. The van der Waals surface area contributed by atoms with Crippen LogP contribution < -0.4 is 15.2 Å². The lowest BCUT2D eigenvalue weighted by Gasteiger charge is -2.23. The second-order valence-electron chi connectivity index (χ2n) is 5.52. The van der Waals surface area contributed by atoms with Crippen molar-refractivity contribution in [2.75, 3.05) is 38.0 Å². The summed E-state index contributed by atoms with van der Waals surface area (Å²) in [6, 6.07) is 11.2. The smallest absolute Gasteiger partial charge is 0.202 e. The molecule has 4 nitrogen and oxygen atoms in total. The van der Waals surface area contributed by atoms with Gasteiger partial charge in [0.2, 0.25) is 5.43 Å². The van der Waals surface area contributed by atoms with E-state index in [1.54, 1.807) is 0 Å². The molecular weight excluding hydrogens is 264 g/mol. The summed E-state index contributed by atoms with van der Waals surface area (Å²) in [6.07, 6.45) is 0. The Bertz CT molecular complexity index is 879. The highest BCUT2D eigenvalue weighted by Crippen LogP contribution is 2.34. The number of anilines is 2. The molecule has 3 aromatic rings. The fourth-order valence-electron chi connectivity index (χ4n) is 2.68. The Balaban J connectivity index is 2.55. The van der Waals surface area contributed by atoms with Crippen molar-refractivity contribution in [2.24, 2.45) is 0 Å². The highest BCUT2D eigenvalue weighted by atomic mass is 16.3. The first-order valence-electron chi connectivity index (χ1n) is 6.84. The first kappa shape index (κ1) is 13.5. The molecule has 0 amide bonds. The molecule has 0 aliphatic carbocycles. The lowest BCUT2D eigenvalue weighted by atomic mass is 10.1. The summed E-state index contributed by atoms with van der Waals surface area (Å²) in [5, 5.41) is 1.24. The van der Waals surface area contributed by atoms with Gasteiger partial charge in [0, 0.05) is 28.2 Å². The molecule has 3 rings (SSSR count). The van der Waals surface area contributed by atoms with Crippen LogP contribution >= 0.6 is 0 Å². The zero-order valence-corrected chi connectivity index (χ0v) is 12.7. The molecule has 0 saturated carbocycles. The Morgan fingerprint density at radius 3 is 2.24 bits per heavy atom. The molecule has 0 aliphatic heterocycles. The van der Waals surface area contributed by atoms with Crippen molar-refractivity contribution in [2.45, 2.75) is 0 Å². The van der Waals surface area contributed by atoms with Gasteiger partial charge < -0.3 is 14.2 Å². The van der Waals surface area contributed by atoms with Gasteiger partial charge in [-0.1, -0.05) is 12.1 Å². The van der Waals surface area contributed by atoms with E-state index in [9.17, 15) is 4.79 Å². The maximum Gasteiger partial charge on any atom is 0.202 e. The maximum atomic E-state index is 12.9. The van der Waals surface area contributed by atoms with Gasteiger partial charge in [0.25, 0.3) is 0 Å². The SMILES string of the molecule is CN(C)c1ccc2oc3ccccc3c(=O)c2c1N(C)C. The Morgan fingerprint density at radius 2 is 1.57 bits per heavy atom. The lowest BCUT2D eigenvalue weighted by Crippen LogP contribution is -2.19. The third kappa shape index (κ3) is 2.03. The van der Waals surface area contributed by atoms with E-state index >= 15 is 0 Å². The van der Waals surface area contributed by atoms with E-state index in [0.717, 1.165) is 11.4 Å². The van der Waals surface area contributed by atoms with Crippen molar-refractivity contribution < 1.29 is 4.42 Å². The monoisotopic (exact) mass is 282 g/mol. The first-order valence-corrected chi connectivity index (χ1v) is 6.84. The van der Waals surface area contributed by atoms with Crippen LogP contribution in [0.15, 0.2) is 45.6 Å². The van der Waals surface area contributed by atoms with Gasteiger partial charge in [-0.3, -0.25) is 4.79 Å². The zero-order valence-electron chi connectivity index (χ0n) is 12.7. The average Bonchev–Trinajstić information content (AvgIpc) is 2.46. The van der Waals surface area contributed by atoms with Crippen LogP contribution in [0.2, 0.25) is 0 Å². The number of para-hydroxylation sites is 1. The van der Waals surface area contributed by atoms with E-state index in [1.165, 1.54) is 0 Å². The van der Waals surface area contributed by atoms with Gasteiger partial charge in [0.05, 0.1) is 22.1 Å². The molecule has 2 aromatic carbocycles. The molecule has 0 aliphatic rings. The lowest BCUT2D eigenvalue weighted by molar-refractivity contribution is 0.660. The summed E-state index contributed by atoms with van der Waals surface area (Å²) in [4.78, 5) is 16.8. The molecule has 1 aromatic heterocycles. The highest BCUT2D eigenvalue weighted by molar-refractivity contribution is 6.02. The van der Waals surface area contributed by atoms with Crippen LogP contribution in [0.5, 0.6) is 0 Å². The van der Waals surface area contributed by atoms with E-state index in [1.807, 2.05) is 74.4 Å². The topological polar surface area (TPSA) is 36.7 Å². The van der Waals surface area contributed by atoms with Gasteiger partial charge >= 0.3 is 0 Å². The van der Waals surface area contributed by atoms with Gasteiger partial charge in [0.1, 0.15) is 11.2 Å². The summed E-state index contributed by atoms with van der Waals surface area (Å²) < 4.78 is 5.91. The molecule has 0 bridgehead atoms. The number of nitrogens with zero attached hydrogens (tertiary/aromatic N) is 2. The predicted octanol–water partition coefficient (Wildman–Crippen LogP) is 3.08. The van der Waals surface area contributed by atoms with E-state index in [4.69, 9.17) is 4.42 Å². The summed E-state index contributed by atoms with van der Waals surface area (Å²) in [5.74, 6) is 0. The van der Waals surface area contributed by atoms with Gasteiger partial charge in [-0.15, -0.1) is 0 Å². The van der Waals surface area contributed by atoms with E-state index in [0.29, 0.717) is 21.9 Å². The van der Waals surface area contributed by atoms with Crippen molar-refractivity contribution >= 4 is 33.3 Å². The fourth-order valence-corrected chi connectivity index (χ4v) is 2.68. The van der Waals surface area contributed by atoms with Gasteiger partial charge in [-0.05, 0) is 24.3 Å². The number of hydrogen-bond acceptors (Lipinski definition) is 4. The van der Waals surface area contributed by atoms with Gasteiger partial charge in [-0.25, -0.2) is 0 Å². The van der Waals surface area contributed by atoms with Crippen LogP contribution in [-0.2, 0) is 0 Å². The second kappa shape index (κ2) is 4.81. The summed E-state index contributed by atoms with van der Waals surface area (Å²) in [7, 11) is 7.82. The Morgan fingerprint density at radius 1 is 0.857 bits per heavy atom. The quantitative estimate of drug-likeness (QED) is 0.677. The van der Waals surface area contributed by atoms with Crippen molar-refractivity contribution in [1.29, 1.82) is 0 Å². The van der Waals surface area contributed by atoms with Crippen LogP contribution in [0.25, 0.3) is 21.9 Å². The molecule has 21 heavy (non-hydrogen) atoms. The van der Waals surface area contributed by atoms with E-state index in [-0.39, 0.29) is 5.43 Å². The average molecular weight is 282 g/mol. The van der Waals surface area contributed by atoms with Crippen LogP contribution in [-0.4, -0.2) is 28.2 Å². The zero-order chi connectivity index (χ0) is 15.1. The Hall–Kier alpha value is -2.49. The fraction of sp³-hybridized carbons (Fsp3) is 0.235. The van der Waals surface area contributed by atoms with E-state index in [2.05, 4.69) is 0 Å². The number of hydrogen-bond donors (Lipinski definition) is 0. The molecule has 1 heterocycles. The molecule has 4 heteroatoms. The predicted molar refractivity (Wildman–Crippen MR) is 88.6 cm³/mol. The molecular formula is C17H18N2O2. The summed E-state index contributed by atoms with van der Waals surface area (Å²) in [6.45, 7) is 0. The maximum absolute atomic E-state index is 12.9. The normalized spacial score (nSPS) is 11.0. The van der Waals surface area contributed by atoms with Gasteiger partial charge in [0.15, 0.2) is 0 Å². The Labute approximate surface area is 123 Å². The second-order valence-corrected chi connectivity index (χ2v) is 5.52. The summed E-state index contributed by atoms with van der Waals surface area (Å²) in [5.41, 5.74) is 3.14. The standard InChI is InChI=1S/C17H18N2O2/c1-18(2)12-9-10-14-15(16(12)19(3)4)17(20)11-7-5-6-8-13(11)21-14/h5-10H,1-4H3. The van der Waals surface area contributed by atoms with Crippen LogP contribution in [0, 0.1) is 0 Å². The van der Waals surface area contributed by atoms with Crippen LogP contribution in [0.1, 0.15) is 0 Å². The Kier molecular flexibility index (Phi) is 3.09. The highest BCUT2D eigenvalue weighted by Gasteiger charge is 2.17. The van der Waals surface area contributed by atoms with Crippen molar-refractivity contribution in [3.05, 3.63) is 46.6 Å². The van der Waals surface area contributed by atoms with E-state index < -0.39 is 0 Å². The minimum absolute atomic E-state index is 0.0132. The molecule has 0 unspecified atom stereocenters. The minimum Gasteiger partial charge on any atom is -0.456 e. The summed E-state index contributed by atoms with van der Waals surface area (Å²) >= 11 is 0. The van der Waals surface area contributed by atoms with Gasteiger partial charge in [-0.2, -0.15) is 0 Å². The molecule has 0 N–H and O–H groups in total. The third-order valence-corrected chi connectivity index (χ3v) is 3.63. The van der Waals surface area contributed by atoms with Crippen LogP contribution in [0.3, 0.4) is 0 Å². The first-order chi connectivity index (χ1) is 10.0. The number of benzene rings is 2.